The fraction of sp³-hybridized carbons (Fsp3) is 0.273. The van der Waals surface area contributed by atoms with Gasteiger partial charge in [0.1, 0.15) is 11.5 Å². The Bertz CT molecular complexity index is 884. The number of hydrogen-bond acceptors (Lipinski definition) is 5. The third-order valence-corrected chi connectivity index (χ3v) is 4.25. The van der Waals surface area contributed by atoms with E-state index in [2.05, 4.69) is 32.5 Å². The van der Waals surface area contributed by atoms with Crippen LogP contribution >= 0.6 is 0 Å². The normalized spacial score (nSPS) is 10.5. The van der Waals surface area contributed by atoms with Gasteiger partial charge >= 0.3 is 0 Å². The van der Waals surface area contributed by atoms with Gasteiger partial charge in [0.25, 0.3) is 5.91 Å². The van der Waals surface area contributed by atoms with Crippen molar-refractivity contribution in [2.24, 2.45) is 0 Å². The van der Waals surface area contributed by atoms with E-state index in [1.165, 1.54) is 0 Å². The SMILES string of the molecule is CCCCCNc1cc(C(=O)NCc2cccnc2)nc(-c2ccccc2)n1. The molecule has 0 aliphatic carbocycles. The molecule has 2 heterocycles. The van der Waals surface area contributed by atoms with Crippen LogP contribution in [0.5, 0.6) is 0 Å². The molecule has 0 unspecified atom stereocenters. The molecule has 3 rings (SSSR count). The molecule has 0 aliphatic heterocycles. The summed E-state index contributed by atoms with van der Waals surface area (Å²) >= 11 is 0. The Hall–Kier alpha value is -3.28. The summed E-state index contributed by atoms with van der Waals surface area (Å²) in [6, 6.07) is 15.2. The van der Waals surface area contributed by atoms with Crippen LogP contribution in [-0.4, -0.2) is 27.4 Å². The molecule has 0 aliphatic rings. The number of nitrogens with one attached hydrogen (secondary N) is 2. The van der Waals surface area contributed by atoms with Crippen LogP contribution in [0.15, 0.2) is 60.9 Å². The quantitative estimate of drug-likeness (QED) is 0.551. The Morgan fingerprint density at radius 3 is 2.64 bits per heavy atom. The third kappa shape index (κ3) is 5.61. The van der Waals surface area contributed by atoms with E-state index in [0.29, 0.717) is 23.9 Å². The van der Waals surface area contributed by atoms with E-state index in [-0.39, 0.29) is 5.91 Å². The van der Waals surface area contributed by atoms with Crippen LogP contribution in [0.3, 0.4) is 0 Å². The highest BCUT2D eigenvalue weighted by atomic mass is 16.1. The molecule has 0 fully saturated rings. The first-order chi connectivity index (χ1) is 13.8. The Kier molecular flexibility index (Phi) is 7.07. The Morgan fingerprint density at radius 1 is 1.04 bits per heavy atom. The maximum Gasteiger partial charge on any atom is 0.270 e. The van der Waals surface area contributed by atoms with Crippen molar-refractivity contribution >= 4 is 11.7 Å². The van der Waals surface area contributed by atoms with Crippen LogP contribution in [0.1, 0.15) is 42.2 Å². The van der Waals surface area contributed by atoms with Crippen LogP contribution < -0.4 is 10.6 Å². The number of carbonyl (C=O) groups excluding carboxylic acids is 1. The monoisotopic (exact) mass is 375 g/mol. The molecule has 0 saturated carbocycles. The number of unbranched alkanes of at least 4 members (excludes halogenated alkanes) is 2. The first-order valence-corrected chi connectivity index (χ1v) is 9.61. The number of pyridine rings is 1. The maximum absolute atomic E-state index is 12.7. The zero-order valence-corrected chi connectivity index (χ0v) is 16.1. The number of nitrogens with zero attached hydrogens (tertiary/aromatic N) is 3. The number of rotatable bonds is 9. The Labute approximate surface area is 165 Å². The van der Waals surface area contributed by atoms with Crippen molar-refractivity contribution in [2.75, 3.05) is 11.9 Å². The molecule has 0 saturated heterocycles. The number of anilines is 1. The zero-order chi connectivity index (χ0) is 19.6. The second-order valence-corrected chi connectivity index (χ2v) is 6.51. The average molecular weight is 375 g/mol. The lowest BCUT2D eigenvalue weighted by molar-refractivity contribution is 0.0946. The fourth-order valence-corrected chi connectivity index (χ4v) is 2.74. The molecule has 28 heavy (non-hydrogen) atoms. The minimum Gasteiger partial charge on any atom is -0.370 e. The smallest absolute Gasteiger partial charge is 0.270 e. The molecule has 0 radical (unpaired) electrons. The van der Waals surface area contributed by atoms with Crippen molar-refractivity contribution in [3.05, 3.63) is 72.2 Å². The van der Waals surface area contributed by atoms with E-state index in [1.807, 2.05) is 42.5 Å². The van der Waals surface area contributed by atoms with Crippen LogP contribution in [0.4, 0.5) is 5.82 Å². The Balaban J connectivity index is 1.78. The topological polar surface area (TPSA) is 79.8 Å². The molecule has 0 atom stereocenters. The van der Waals surface area contributed by atoms with E-state index in [1.54, 1.807) is 18.5 Å². The Morgan fingerprint density at radius 2 is 1.89 bits per heavy atom. The van der Waals surface area contributed by atoms with Gasteiger partial charge in [-0.1, -0.05) is 56.2 Å². The van der Waals surface area contributed by atoms with E-state index in [0.717, 1.165) is 36.9 Å². The number of amides is 1. The van der Waals surface area contributed by atoms with Gasteiger partial charge in [-0.25, -0.2) is 9.97 Å². The van der Waals surface area contributed by atoms with E-state index in [9.17, 15) is 4.79 Å². The highest BCUT2D eigenvalue weighted by molar-refractivity contribution is 5.93. The van der Waals surface area contributed by atoms with Gasteiger partial charge in [-0.2, -0.15) is 0 Å². The van der Waals surface area contributed by atoms with Crippen molar-refractivity contribution in [1.82, 2.24) is 20.3 Å². The average Bonchev–Trinajstić information content (AvgIpc) is 2.76. The lowest BCUT2D eigenvalue weighted by Gasteiger charge is -2.11. The third-order valence-electron chi connectivity index (χ3n) is 4.25. The largest absolute Gasteiger partial charge is 0.370 e. The molecule has 2 aromatic heterocycles. The zero-order valence-electron chi connectivity index (χ0n) is 16.1. The van der Waals surface area contributed by atoms with E-state index >= 15 is 0 Å². The number of carbonyl (C=O) groups is 1. The lowest BCUT2D eigenvalue weighted by atomic mass is 10.2. The molecule has 6 heteroatoms. The van der Waals surface area contributed by atoms with E-state index in [4.69, 9.17) is 0 Å². The van der Waals surface area contributed by atoms with Gasteiger partial charge in [0.2, 0.25) is 0 Å². The summed E-state index contributed by atoms with van der Waals surface area (Å²) in [5.74, 6) is 0.962. The first kappa shape index (κ1) is 19.5. The molecule has 0 bridgehead atoms. The highest BCUT2D eigenvalue weighted by Gasteiger charge is 2.13. The van der Waals surface area contributed by atoms with Gasteiger partial charge in [0, 0.05) is 37.1 Å². The lowest BCUT2D eigenvalue weighted by Crippen LogP contribution is -2.24. The molecule has 1 aromatic carbocycles. The first-order valence-electron chi connectivity index (χ1n) is 9.61. The van der Waals surface area contributed by atoms with Crippen LogP contribution in [0.2, 0.25) is 0 Å². The predicted octanol–water partition coefficient (Wildman–Crippen LogP) is 4.07. The summed E-state index contributed by atoms with van der Waals surface area (Å²) < 4.78 is 0. The summed E-state index contributed by atoms with van der Waals surface area (Å²) in [7, 11) is 0. The fourth-order valence-electron chi connectivity index (χ4n) is 2.74. The van der Waals surface area contributed by atoms with Crippen LogP contribution in [-0.2, 0) is 6.54 Å². The summed E-state index contributed by atoms with van der Waals surface area (Å²) in [6.07, 6.45) is 6.81. The summed E-state index contributed by atoms with van der Waals surface area (Å²) in [6.45, 7) is 3.38. The van der Waals surface area contributed by atoms with Crippen LogP contribution in [0, 0.1) is 0 Å². The minimum absolute atomic E-state index is 0.236. The van der Waals surface area contributed by atoms with Crippen molar-refractivity contribution in [2.45, 2.75) is 32.7 Å². The van der Waals surface area contributed by atoms with Crippen LogP contribution in [0.25, 0.3) is 11.4 Å². The van der Waals surface area contributed by atoms with Crippen molar-refractivity contribution in [1.29, 1.82) is 0 Å². The molecule has 144 valence electrons. The van der Waals surface area contributed by atoms with Gasteiger partial charge in [0.05, 0.1) is 0 Å². The maximum atomic E-state index is 12.7. The predicted molar refractivity (Wildman–Crippen MR) is 111 cm³/mol. The summed E-state index contributed by atoms with van der Waals surface area (Å²) in [5, 5.41) is 6.22. The molecule has 2 N–H and O–H groups in total. The molecular weight excluding hydrogens is 350 g/mol. The van der Waals surface area contributed by atoms with Gasteiger partial charge in [0.15, 0.2) is 5.82 Å². The van der Waals surface area contributed by atoms with Gasteiger partial charge in [-0.3, -0.25) is 9.78 Å². The molecule has 3 aromatic rings. The van der Waals surface area contributed by atoms with Crippen molar-refractivity contribution in [3.8, 4) is 11.4 Å². The molecular formula is C22H25N5O. The van der Waals surface area contributed by atoms with E-state index < -0.39 is 0 Å². The highest BCUT2D eigenvalue weighted by Crippen LogP contribution is 2.18. The number of hydrogen-bond donors (Lipinski definition) is 2. The van der Waals surface area contributed by atoms with Gasteiger partial charge in [-0.05, 0) is 18.1 Å². The number of aromatic nitrogens is 3. The summed E-state index contributed by atoms with van der Waals surface area (Å²) in [5.41, 5.74) is 2.16. The second-order valence-electron chi connectivity index (χ2n) is 6.51. The number of benzene rings is 1. The minimum atomic E-state index is -0.236. The van der Waals surface area contributed by atoms with Crippen molar-refractivity contribution < 1.29 is 4.79 Å². The molecule has 1 amide bonds. The standard InChI is InChI=1S/C22H25N5O/c1-2-3-7-13-24-20-14-19(22(28)25-16-17-9-8-12-23-15-17)26-21(27-20)18-10-5-4-6-11-18/h4-6,8-12,14-15H,2-3,7,13,16H2,1H3,(H,25,28)(H,24,26,27). The molecule has 6 nitrogen and oxygen atoms in total. The van der Waals surface area contributed by atoms with Gasteiger partial charge < -0.3 is 10.6 Å². The molecule has 0 spiro atoms. The van der Waals surface area contributed by atoms with Gasteiger partial charge in [-0.15, -0.1) is 0 Å². The van der Waals surface area contributed by atoms with Crippen molar-refractivity contribution in [3.63, 3.8) is 0 Å². The second kappa shape index (κ2) is 10.2. The summed E-state index contributed by atoms with van der Waals surface area (Å²) in [4.78, 5) is 25.8.